The average Bonchev–Trinajstić information content (AvgIpc) is 3.92. The van der Waals surface area contributed by atoms with Gasteiger partial charge < -0.3 is 9.13 Å². The van der Waals surface area contributed by atoms with E-state index in [1.165, 1.54) is 106 Å². The van der Waals surface area contributed by atoms with Crippen LogP contribution < -0.4 is 0 Å². The zero-order valence-corrected chi connectivity index (χ0v) is 28.4. The molecule has 0 aliphatic rings. The van der Waals surface area contributed by atoms with Crippen LogP contribution in [0.4, 0.5) is 0 Å². The largest absolute Gasteiger partial charge is 0.308 e. The summed E-state index contributed by atoms with van der Waals surface area (Å²) in [6.45, 7) is 0. The molecule has 0 radical (unpaired) electrons. The molecule has 12 rings (SSSR count). The number of rotatable bonds is 2. The molecule has 8 aromatic carbocycles. The number of thiophene rings is 2. The predicted octanol–water partition coefficient (Wildman–Crippen LogP) is 13.8. The zero-order valence-electron chi connectivity index (χ0n) is 26.7. The Labute approximate surface area is 294 Å². The van der Waals surface area contributed by atoms with Crippen molar-refractivity contribution in [3.8, 4) is 11.4 Å². The van der Waals surface area contributed by atoms with Gasteiger partial charge >= 0.3 is 0 Å². The summed E-state index contributed by atoms with van der Waals surface area (Å²) in [4.78, 5) is 0. The van der Waals surface area contributed by atoms with Crippen molar-refractivity contribution in [2.45, 2.75) is 0 Å². The number of hydrogen-bond acceptors (Lipinski definition) is 2. The van der Waals surface area contributed by atoms with E-state index < -0.39 is 0 Å². The topological polar surface area (TPSA) is 9.86 Å². The molecule has 232 valence electrons. The molecule has 12 aromatic rings. The Kier molecular flexibility index (Phi) is 5.29. The highest BCUT2D eigenvalue weighted by Crippen LogP contribution is 2.46. The van der Waals surface area contributed by atoms with Gasteiger partial charge in [-0.3, -0.25) is 0 Å². The third-order valence-corrected chi connectivity index (χ3v) is 13.0. The molecule has 4 aromatic heterocycles. The van der Waals surface area contributed by atoms with Gasteiger partial charge in [0.15, 0.2) is 0 Å². The highest BCUT2D eigenvalue weighted by atomic mass is 32.1. The molecule has 0 unspecified atom stereocenters. The number of benzene rings is 8. The fourth-order valence-corrected chi connectivity index (χ4v) is 10.9. The van der Waals surface area contributed by atoms with Gasteiger partial charge in [0.2, 0.25) is 0 Å². The second-order valence-electron chi connectivity index (χ2n) is 13.2. The van der Waals surface area contributed by atoms with Crippen molar-refractivity contribution >= 4 is 117 Å². The van der Waals surface area contributed by atoms with Gasteiger partial charge in [-0.15, -0.1) is 22.7 Å². The predicted molar refractivity (Wildman–Crippen MR) is 218 cm³/mol. The highest BCUT2D eigenvalue weighted by molar-refractivity contribution is 7.26. The maximum Gasteiger partial charge on any atom is 0.0634 e. The molecule has 2 nitrogen and oxygen atoms in total. The van der Waals surface area contributed by atoms with Gasteiger partial charge in [0.1, 0.15) is 0 Å². The summed E-state index contributed by atoms with van der Waals surface area (Å²) >= 11 is 3.77. The van der Waals surface area contributed by atoms with Crippen molar-refractivity contribution in [2.75, 3.05) is 0 Å². The molecule has 0 atom stereocenters. The van der Waals surface area contributed by atoms with Crippen LogP contribution in [0.25, 0.3) is 106 Å². The van der Waals surface area contributed by atoms with Crippen LogP contribution in [-0.2, 0) is 0 Å². The summed E-state index contributed by atoms with van der Waals surface area (Å²) in [5.41, 5.74) is 7.41. The lowest BCUT2D eigenvalue weighted by atomic mass is 10.0. The van der Waals surface area contributed by atoms with Crippen molar-refractivity contribution in [2.24, 2.45) is 0 Å². The van der Waals surface area contributed by atoms with Crippen LogP contribution in [0.15, 0.2) is 158 Å². The SMILES string of the molecule is c1ccc2c(c1)sc1ccc3c4ccccc4n(-c4ccc(-n5c6ccccc6c6ccc7sc8ccccc8c7c65)c5ccccc45)c3c12. The Morgan fingerprint density at radius 1 is 0.280 bits per heavy atom. The van der Waals surface area contributed by atoms with E-state index in [1.54, 1.807) is 0 Å². The fourth-order valence-electron chi connectivity index (χ4n) is 8.69. The first-order valence-corrected chi connectivity index (χ1v) is 18.7. The van der Waals surface area contributed by atoms with E-state index in [0.717, 1.165) is 0 Å². The molecule has 50 heavy (non-hydrogen) atoms. The average molecular weight is 671 g/mol. The summed E-state index contributed by atoms with van der Waals surface area (Å²) in [5, 5.41) is 12.9. The normalized spacial score (nSPS) is 12.4. The van der Waals surface area contributed by atoms with Crippen molar-refractivity contribution in [3.05, 3.63) is 158 Å². The van der Waals surface area contributed by atoms with E-state index in [-0.39, 0.29) is 0 Å². The van der Waals surface area contributed by atoms with Crippen LogP contribution >= 0.6 is 22.7 Å². The molecular formula is C46H26N2S2. The summed E-state index contributed by atoms with van der Waals surface area (Å²) in [7, 11) is 0. The third-order valence-electron chi connectivity index (χ3n) is 10.7. The molecule has 0 fully saturated rings. The monoisotopic (exact) mass is 670 g/mol. The Balaban J connectivity index is 1.25. The minimum Gasteiger partial charge on any atom is -0.308 e. The van der Waals surface area contributed by atoms with Crippen molar-refractivity contribution in [1.82, 2.24) is 9.13 Å². The zero-order chi connectivity index (χ0) is 32.5. The quantitative estimate of drug-likeness (QED) is 0.173. The first kappa shape index (κ1) is 26.9. The van der Waals surface area contributed by atoms with E-state index in [4.69, 9.17) is 0 Å². The van der Waals surface area contributed by atoms with Crippen LogP contribution in [0.1, 0.15) is 0 Å². The van der Waals surface area contributed by atoms with Crippen LogP contribution in [0.2, 0.25) is 0 Å². The Hall–Kier alpha value is -5.94. The molecule has 0 saturated carbocycles. The van der Waals surface area contributed by atoms with E-state index in [9.17, 15) is 0 Å². The molecule has 4 heterocycles. The minimum absolute atomic E-state index is 1.20. The number of nitrogens with zero attached hydrogens (tertiary/aromatic N) is 2. The summed E-state index contributed by atoms with van der Waals surface area (Å²) in [6.07, 6.45) is 0. The van der Waals surface area contributed by atoms with Crippen molar-refractivity contribution in [3.63, 3.8) is 0 Å². The van der Waals surface area contributed by atoms with Crippen LogP contribution in [0.5, 0.6) is 0 Å². The third kappa shape index (κ3) is 3.42. The second kappa shape index (κ2) is 9.82. The summed E-state index contributed by atoms with van der Waals surface area (Å²) < 4.78 is 10.4. The first-order valence-electron chi connectivity index (χ1n) is 17.0. The summed E-state index contributed by atoms with van der Waals surface area (Å²) in [6, 6.07) is 58.5. The van der Waals surface area contributed by atoms with E-state index >= 15 is 0 Å². The minimum atomic E-state index is 1.20. The first-order chi connectivity index (χ1) is 24.8. The fraction of sp³-hybridized carbons (Fsp3) is 0. The molecule has 0 N–H and O–H groups in total. The Morgan fingerprint density at radius 3 is 1.12 bits per heavy atom. The lowest BCUT2D eigenvalue weighted by molar-refractivity contribution is 1.18. The number of para-hydroxylation sites is 2. The Bertz CT molecular complexity index is 3160. The lowest BCUT2D eigenvalue weighted by Crippen LogP contribution is -2.00. The van der Waals surface area contributed by atoms with Gasteiger partial charge in [-0.25, -0.2) is 0 Å². The van der Waals surface area contributed by atoms with Crippen LogP contribution in [-0.4, -0.2) is 9.13 Å². The molecule has 0 bridgehead atoms. The number of aromatic nitrogens is 2. The standard InChI is InChI=1S/C46H26N2S2/c1-2-12-28-27(11-1)37(47-35-17-7-3-13-29(35)31-21-25-41-43(45(31)47)33-15-5-9-19-39(33)49-41)23-24-38(28)48-36-18-8-4-14-30(36)32-22-26-42-44(46(32)48)34-16-6-10-20-40(34)50-42/h1-26H. The smallest absolute Gasteiger partial charge is 0.0634 e. The highest BCUT2D eigenvalue weighted by Gasteiger charge is 2.22. The van der Waals surface area contributed by atoms with Gasteiger partial charge in [0.05, 0.1) is 33.4 Å². The molecule has 0 spiro atoms. The summed E-state index contributed by atoms with van der Waals surface area (Å²) in [5.74, 6) is 0. The van der Waals surface area contributed by atoms with Crippen molar-refractivity contribution in [1.29, 1.82) is 0 Å². The van der Waals surface area contributed by atoms with Gasteiger partial charge in [-0.1, -0.05) is 109 Å². The molecule has 0 aliphatic heterocycles. The van der Waals surface area contributed by atoms with Crippen LogP contribution in [0, 0.1) is 0 Å². The van der Waals surface area contributed by atoms with E-state index in [2.05, 4.69) is 167 Å². The number of fused-ring (bicyclic) bond motifs is 15. The lowest BCUT2D eigenvalue weighted by Gasteiger charge is -2.17. The van der Waals surface area contributed by atoms with Crippen molar-refractivity contribution < 1.29 is 0 Å². The maximum atomic E-state index is 2.54. The molecular weight excluding hydrogens is 645 g/mol. The van der Waals surface area contributed by atoms with Gasteiger partial charge in [-0.2, -0.15) is 0 Å². The Morgan fingerprint density at radius 2 is 0.660 bits per heavy atom. The van der Waals surface area contributed by atoms with Gasteiger partial charge in [0.25, 0.3) is 0 Å². The van der Waals surface area contributed by atoms with Crippen LogP contribution in [0.3, 0.4) is 0 Å². The maximum absolute atomic E-state index is 2.54. The van der Waals surface area contributed by atoms with Gasteiger partial charge in [0, 0.05) is 72.7 Å². The van der Waals surface area contributed by atoms with E-state index in [1.807, 2.05) is 22.7 Å². The molecule has 0 saturated heterocycles. The molecule has 0 amide bonds. The number of hydrogen-bond donors (Lipinski definition) is 0. The van der Waals surface area contributed by atoms with Gasteiger partial charge in [-0.05, 0) is 48.5 Å². The second-order valence-corrected chi connectivity index (χ2v) is 15.4. The molecule has 0 aliphatic carbocycles. The molecule has 4 heteroatoms. The van der Waals surface area contributed by atoms with E-state index in [0.29, 0.717) is 0 Å².